The Labute approximate surface area is 139 Å². The van der Waals surface area contributed by atoms with E-state index in [9.17, 15) is 0 Å². The molecule has 3 aromatic carbocycles. The van der Waals surface area contributed by atoms with E-state index in [2.05, 4.69) is 92.7 Å². The second-order valence-corrected chi connectivity index (χ2v) is 7.83. The molecule has 23 heavy (non-hydrogen) atoms. The molecular formula is C21H21OP. The molecule has 0 saturated heterocycles. The third-order valence-corrected chi connectivity index (χ3v) is 5.98. The first-order valence-corrected chi connectivity index (χ1v) is 9.26. The number of ether oxygens (including phenoxy) is 1. The molecule has 0 N–H and O–H groups in total. The maximum Gasteiger partial charge on any atom is 0.128 e. The van der Waals surface area contributed by atoms with Crippen LogP contribution in [0.3, 0.4) is 0 Å². The molecule has 0 saturated carbocycles. The van der Waals surface area contributed by atoms with Crippen molar-refractivity contribution in [2.24, 2.45) is 0 Å². The molecule has 0 fully saturated rings. The van der Waals surface area contributed by atoms with E-state index >= 15 is 0 Å². The van der Waals surface area contributed by atoms with Crippen LogP contribution in [0.2, 0.25) is 0 Å². The van der Waals surface area contributed by atoms with Crippen LogP contribution in [0.5, 0.6) is 5.75 Å². The molecule has 0 aliphatic heterocycles. The minimum absolute atomic E-state index is 0.166. The largest absolute Gasteiger partial charge is 0.490 e. The van der Waals surface area contributed by atoms with E-state index in [0.29, 0.717) is 0 Å². The first kappa shape index (κ1) is 15.8. The van der Waals surface area contributed by atoms with Gasteiger partial charge in [-0.05, 0) is 38.4 Å². The van der Waals surface area contributed by atoms with Crippen molar-refractivity contribution in [1.82, 2.24) is 0 Å². The number of para-hydroxylation sites is 1. The average Bonchev–Trinajstić information content (AvgIpc) is 2.58. The van der Waals surface area contributed by atoms with Crippen LogP contribution in [0.15, 0.2) is 84.9 Å². The van der Waals surface area contributed by atoms with Crippen LogP contribution >= 0.6 is 7.92 Å². The highest BCUT2D eigenvalue weighted by Crippen LogP contribution is 2.36. The Morgan fingerprint density at radius 1 is 0.652 bits per heavy atom. The number of benzene rings is 3. The number of hydrogen-bond donors (Lipinski definition) is 0. The fourth-order valence-electron chi connectivity index (χ4n) is 2.58. The summed E-state index contributed by atoms with van der Waals surface area (Å²) < 4.78 is 6.09. The van der Waals surface area contributed by atoms with Gasteiger partial charge in [0.25, 0.3) is 0 Å². The van der Waals surface area contributed by atoms with E-state index in [0.717, 1.165) is 5.75 Å². The molecule has 116 valence electrons. The third kappa shape index (κ3) is 3.81. The van der Waals surface area contributed by atoms with E-state index in [1.54, 1.807) is 0 Å². The molecule has 0 bridgehead atoms. The van der Waals surface area contributed by atoms with Gasteiger partial charge in [-0.3, -0.25) is 0 Å². The Hall–Kier alpha value is -2.11. The molecule has 0 spiro atoms. The van der Waals surface area contributed by atoms with E-state index in [4.69, 9.17) is 4.74 Å². The predicted octanol–water partition coefficient (Wildman–Crippen LogP) is 4.23. The summed E-state index contributed by atoms with van der Waals surface area (Å²) in [7, 11) is -0.622. The van der Waals surface area contributed by atoms with Crippen molar-refractivity contribution in [3.05, 3.63) is 84.9 Å². The van der Waals surface area contributed by atoms with Gasteiger partial charge in [0.1, 0.15) is 5.75 Å². The lowest BCUT2D eigenvalue weighted by Gasteiger charge is -2.23. The smallest absolute Gasteiger partial charge is 0.128 e. The molecule has 1 nitrogen and oxygen atoms in total. The quantitative estimate of drug-likeness (QED) is 0.639. The van der Waals surface area contributed by atoms with Crippen LogP contribution in [0, 0.1) is 0 Å². The van der Waals surface area contributed by atoms with E-state index < -0.39 is 7.92 Å². The van der Waals surface area contributed by atoms with Gasteiger partial charge >= 0.3 is 0 Å². The van der Waals surface area contributed by atoms with Gasteiger partial charge in [0.15, 0.2) is 0 Å². The highest BCUT2D eigenvalue weighted by Gasteiger charge is 2.20. The minimum atomic E-state index is -0.622. The zero-order chi connectivity index (χ0) is 16.1. The van der Waals surface area contributed by atoms with Gasteiger partial charge in [-0.25, -0.2) is 0 Å². The van der Waals surface area contributed by atoms with E-state index in [1.165, 1.54) is 15.9 Å². The lowest BCUT2D eigenvalue weighted by Crippen LogP contribution is -2.23. The molecule has 0 unspecified atom stereocenters. The molecule has 0 amide bonds. The summed E-state index contributed by atoms with van der Waals surface area (Å²) in [5.74, 6) is 0.987. The highest BCUT2D eigenvalue weighted by molar-refractivity contribution is 7.80. The predicted molar refractivity (Wildman–Crippen MR) is 101 cm³/mol. The number of hydrogen-bond acceptors (Lipinski definition) is 1. The number of rotatable bonds is 5. The van der Waals surface area contributed by atoms with Crippen molar-refractivity contribution in [3.63, 3.8) is 0 Å². The topological polar surface area (TPSA) is 9.23 Å². The summed E-state index contributed by atoms with van der Waals surface area (Å²) in [5, 5.41) is 3.95. The second-order valence-electron chi connectivity index (χ2n) is 5.64. The summed E-state index contributed by atoms with van der Waals surface area (Å²) >= 11 is 0. The van der Waals surface area contributed by atoms with Crippen molar-refractivity contribution < 1.29 is 4.74 Å². The molecule has 3 aromatic rings. The van der Waals surface area contributed by atoms with Gasteiger partial charge in [0, 0.05) is 5.30 Å². The van der Waals surface area contributed by atoms with Crippen molar-refractivity contribution >= 4 is 23.8 Å². The highest BCUT2D eigenvalue weighted by atomic mass is 31.1. The Bertz CT molecular complexity index is 699. The van der Waals surface area contributed by atoms with Gasteiger partial charge in [-0.15, -0.1) is 0 Å². The summed E-state index contributed by atoms with van der Waals surface area (Å²) in [6.07, 6.45) is 0.166. The Kier molecular flexibility index (Phi) is 5.10. The SMILES string of the molecule is CC(C)Oc1ccccc1P(c1ccccc1)c1ccccc1. The lowest BCUT2D eigenvalue weighted by molar-refractivity contribution is 0.244. The van der Waals surface area contributed by atoms with Gasteiger partial charge in [-0.2, -0.15) is 0 Å². The van der Waals surface area contributed by atoms with Crippen LogP contribution in [-0.4, -0.2) is 6.10 Å². The minimum Gasteiger partial charge on any atom is -0.490 e. The van der Waals surface area contributed by atoms with Crippen molar-refractivity contribution in [1.29, 1.82) is 0 Å². The first-order valence-electron chi connectivity index (χ1n) is 7.91. The van der Waals surface area contributed by atoms with Gasteiger partial charge < -0.3 is 4.74 Å². The van der Waals surface area contributed by atoms with Crippen molar-refractivity contribution in [2.45, 2.75) is 20.0 Å². The van der Waals surface area contributed by atoms with Crippen molar-refractivity contribution in [2.75, 3.05) is 0 Å². The summed E-state index contributed by atoms with van der Waals surface area (Å²) in [5.41, 5.74) is 0. The van der Waals surface area contributed by atoms with Crippen LogP contribution < -0.4 is 20.7 Å². The average molecular weight is 320 g/mol. The Balaban J connectivity index is 2.14. The Morgan fingerprint density at radius 3 is 1.65 bits per heavy atom. The molecule has 2 heteroatoms. The molecule has 0 radical (unpaired) electrons. The molecule has 3 rings (SSSR count). The molecular weight excluding hydrogens is 299 g/mol. The molecule has 0 heterocycles. The lowest BCUT2D eigenvalue weighted by atomic mass is 10.3. The van der Waals surface area contributed by atoms with Crippen molar-refractivity contribution in [3.8, 4) is 5.75 Å². The zero-order valence-corrected chi connectivity index (χ0v) is 14.4. The summed E-state index contributed by atoms with van der Waals surface area (Å²) in [6.45, 7) is 4.15. The van der Waals surface area contributed by atoms with Gasteiger partial charge in [0.2, 0.25) is 0 Å². The molecule has 0 aromatic heterocycles. The second kappa shape index (κ2) is 7.44. The van der Waals surface area contributed by atoms with Gasteiger partial charge in [-0.1, -0.05) is 78.9 Å². The van der Waals surface area contributed by atoms with E-state index in [1.807, 2.05) is 6.07 Å². The van der Waals surface area contributed by atoms with Gasteiger partial charge in [0.05, 0.1) is 6.10 Å². The van der Waals surface area contributed by atoms with Crippen LogP contribution in [0.25, 0.3) is 0 Å². The first-order chi connectivity index (χ1) is 11.3. The maximum absolute atomic E-state index is 6.09. The fourth-order valence-corrected chi connectivity index (χ4v) is 4.95. The summed E-state index contributed by atoms with van der Waals surface area (Å²) in [4.78, 5) is 0. The van der Waals surface area contributed by atoms with E-state index in [-0.39, 0.29) is 6.10 Å². The van der Waals surface area contributed by atoms with Crippen LogP contribution in [-0.2, 0) is 0 Å². The molecule has 0 aliphatic rings. The third-order valence-electron chi connectivity index (χ3n) is 3.50. The standard InChI is InChI=1S/C21H21OP/c1-17(2)22-20-15-9-10-16-21(20)23(18-11-5-3-6-12-18)19-13-7-4-8-14-19/h3-17H,1-2H3. The zero-order valence-electron chi connectivity index (χ0n) is 13.5. The molecule has 0 aliphatic carbocycles. The normalized spacial score (nSPS) is 11.0. The molecule has 0 atom stereocenters. The fraction of sp³-hybridized carbons (Fsp3) is 0.143. The van der Waals surface area contributed by atoms with Crippen LogP contribution in [0.4, 0.5) is 0 Å². The summed E-state index contributed by atoms with van der Waals surface area (Å²) in [6, 6.07) is 29.9. The monoisotopic (exact) mass is 320 g/mol. The van der Waals surface area contributed by atoms with Crippen LogP contribution in [0.1, 0.15) is 13.8 Å². The maximum atomic E-state index is 6.09. The Morgan fingerprint density at radius 2 is 1.13 bits per heavy atom.